The van der Waals surface area contributed by atoms with Crippen molar-refractivity contribution < 1.29 is 39.3 Å². The maximum Gasteiger partial charge on any atom is 4.00 e. The first-order chi connectivity index (χ1) is 17.5. The zero-order valence-electron chi connectivity index (χ0n) is 22.9. The molecule has 2 aliphatic carbocycles. The fourth-order valence-electron chi connectivity index (χ4n) is 4.03. The third-order valence-electron chi connectivity index (χ3n) is 5.95. The monoisotopic (exact) mass is 574 g/mol. The molecule has 0 atom stereocenters. The number of halogens is 4. The maximum atomic E-state index is 13.1. The quantitative estimate of drug-likeness (QED) is 0.128. The molecule has 0 unspecified atom stereocenters. The molecule has 0 amide bonds. The zero-order chi connectivity index (χ0) is 25.6. The number of rotatable bonds is 2. The fourth-order valence-corrected chi connectivity index (χ4v) is 4.03. The zero-order valence-corrected chi connectivity index (χ0v) is 24.5. The maximum absolute atomic E-state index is 13.1. The first kappa shape index (κ1) is 36.4. The van der Waals surface area contributed by atoms with Crippen LogP contribution in [0.4, 0.5) is 17.6 Å². The number of nitrogens with zero attached hydrogens (tertiary/aromatic N) is 2. The minimum absolute atomic E-state index is 0. The van der Waals surface area contributed by atoms with E-state index in [1.54, 1.807) is 58.2 Å². The summed E-state index contributed by atoms with van der Waals surface area (Å²) >= 11 is 0. The van der Waals surface area contributed by atoms with Crippen molar-refractivity contribution in [3.63, 3.8) is 0 Å². The second kappa shape index (κ2) is 20.4. The molecule has 0 radical (unpaired) electrons. The molecule has 0 N–H and O–H groups in total. The van der Waals surface area contributed by atoms with E-state index < -0.39 is 23.3 Å². The van der Waals surface area contributed by atoms with E-state index in [0.29, 0.717) is 11.4 Å². The standard InChI is InChI=1S/2C10H6F2N.2C5H10.2CH3.Ti/c2*11-8-3-4-10(9(12)7-8)13-5-1-2-6-13;2*1-2-4-5-3-1;;;/h2*1-6H;2*1-5H2;2*1H3;/q2*-1;;;2*-1;+4. The minimum atomic E-state index is -0.687. The van der Waals surface area contributed by atoms with E-state index in [0.717, 1.165) is 0 Å². The molecule has 0 bridgehead atoms. The van der Waals surface area contributed by atoms with Gasteiger partial charge in [-0.2, -0.15) is 0 Å². The van der Waals surface area contributed by atoms with E-state index in [4.69, 9.17) is 0 Å². The van der Waals surface area contributed by atoms with Gasteiger partial charge in [0.05, 0.1) is 0 Å². The molecule has 2 nitrogen and oxygen atoms in total. The smallest absolute Gasteiger partial charge is 0.375 e. The van der Waals surface area contributed by atoms with Gasteiger partial charge >= 0.3 is 21.7 Å². The van der Waals surface area contributed by atoms with Crippen molar-refractivity contribution in [3.05, 3.63) is 124 Å². The Labute approximate surface area is 247 Å². The average Bonchev–Trinajstić information content (AvgIpc) is 3.69. The van der Waals surface area contributed by atoms with Gasteiger partial charge in [-0.15, -0.1) is 36.4 Å². The SMILES string of the molecule is C1CCCC1.C1CCCC1.Fc1[c-]c(F)c(-n2cccc2)cc1.Fc1[c-]c(F)c(-n2cccc2)cc1.[CH3-].[CH3-].[Ti+4]. The number of aromatic nitrogens is 2. The third-order valence-corrected chi connectivity index (χ3v) is 5.95. The van der Waals surface area contributed by atoms with Crippen LogP contribution in [0.25, 0.3) is 11.4 Å². The van der Waals surface area contributed by atoms with Crippen molar-refractivity contribution in [1.29, 1.82) is 0 Å². The third kappa shape index (κ3) is 12.9. The second-order valence-electron chi connectivity index (χ2n) is 8.73. The van der Waals surface area contributed by atoms with Crippen LogP contribution in [-0.2, 0) is 21.7 Å². The van der Waals surface area contributed by atoms with Gasteiger partial charge in [0.1, 0.15) is 0 Å². The van der Waals surface area contributed by atoms with Crippen LogP contribution in [0.2, 0.25) is 0 Å². The Bertz CT molecular complexity index is 1030. The molecule has 4 aromatic rings. The van der Waals surface area contributed by atoms with Gasteiger partial charge in [-0.1, -0.05) is 64.2 Å². The number of hydrogen-bond donors (Lipinski definition) is 0. The van der Waals surface area contributed by atoms with E-state index in [9.17, 15) is 17.6 Å². The molecule has 2 aromatic carbocycles. The molecule has 2 saturated carbocycles. The summed E-state index contributed by atoms with van der Waals surface area (Å²) in [5.74, 6) is -2.74. The molecule has 0 aliphatic heterocycles. The van der Waals surface area contributed by atoms with Crippen LogP contribution in [0.1, 0.15) is 64.2 Å². The molecule has 7 heteroatoms. The predicted octanol–water partition coefficient (Wildman–Crippen LogP) is 9.91. The molecule has 39 heavy (non-hydrogen) atoms. The van der Waals surface area contributed by atoms with Crippen LogP contribution in [0.15, 0.2) is 73.3 Å². The largest absolute Gasteiger partial charge is 4.00 e. The first-order valence-corrected chi connectivity index (χ1v) is 12.6. The summed E-state index contributed by atoms with van der Waals surface area (Å²) in [5.41, 5.74) is 0.595. The predicted molar refractivity (Wildman–Crippen MR) is 148 cm³/mol. The molecule has 2 heterocycles. The van der Waals surface area contributed by atoms with Crippen molar-refractivity contribution in [1.82, 2.24) is 9.13 Å². The van der Waals surface area contributed by atoms with Crippen molar-refractivity contribution in [2.24, 2.45) is 0 Å². The van der Waals surface area contributed by atoms with E-state index in [1.165, 1.54) is 88.5 Å². The van der Waals surface area contributed by atoms with Gasteiger partial charge < -0.3 is 24.0 Å². The summed E-state index contributed by atoms with van der Waals surface area (Å²) in [6.07, 6.45) is 21.7. The Morgan fingerprint density at radius 1 is 0.462 bits per heavy atom. The number of benzene rings is 2. The van der Waals surface area contributed by atoms with Crippen LogP contribution in [-0.4, -0.2) is 9.13 Å². The van der Waals surface area contributed by atoms with Gasteiger partial charge in [0.2, 0.25) is 0 Å². The number of hydrogen-bond acceptors (Lipinski definition) is 0. The van der Waals surface area contributed by atoms with Gasteiger partial charge in [0.15, 0.2) is 0 Å². The normalized spacial score (nSPS) is 13.0. The van der Waals surface area contributed by atoms with Crippen LogP contribution < -0.4 is 0 Å². The van der Waals surface area contributed by atoms with Crippen LogP contribution in [0, 0.1) is 50.3 Å². The van der Waals surface area contributed by atoms with Crippen LogP contribution in [0.5, 0.6) is 0 Å². The molecular formula is C32H38F4N2Ti. The molecule has 6 rings (SSSR count). The Morgan fingerprint density at radius 3 is 0.949 bits per heavy atom. The van der Waals surface area contributed by atoms with Crippen molar-refractivity contribution >= 4 is 0 Å². The Hall–Kier alpha value is -2.57. The Kier molecular flexibility index (Phi) is 19.0. The summed E-state index contributed by atoms with van der Waals surface area (Å²) in [6.45, 7) is 0. The van der Waals surface area contributed by atoms with Gasteiger partial charge in [0, 0.05) is 23.3 Å². The van der Waals surface area contributed by atoms with Gasteiger partial charge in [0.25, 0.3) is 0 Å². The molecule has 2 aromatic heterocycles. The van der Waals surface area contributed by atoms with Crippen LogP contribution in [0.3, 0.4) is 0 Å². The summed E-state index contributed by atoms with van der Waals surface area (Å²) in [5, 5.41) is 0. The molecule has 0 spiro atoms. The van der Waals surface area contributed by atoms with Crippen molar-refractivity contribution in [3.8, 4) is 11.4 Å². The summed E-state index contributed by atoms with van der Waals surface area (Å²) in [4.78, 5) is 0. The molecule has 2 aliphatic rings. The topological polar surface area (TPSA) is 9.86 Å². The average molecular weight is 575 g/mol. The molecule has 2 fully saturated rings. The summed E-state index contributed by atoms with van der Waals surface area (Å²) < 4.78 is 54.3. The summed E-state index contributed by atoms with van der Waals surface area (Å²) in [7, 11) is 0. The van der Waals surface area contributed by atoms with Gasteiger partial charge in [-0.05, 0) is 60.4 Å². The van der Waals surface area contributed by atoms with Crippen LogP contribution >= 0.6 is 0 Å². The molecular weight excluding hydrogens is 536 g/mol. The summed E-state index contributed by atoms with van der Waals surface area (Å²) in [6, 6.07) is 16.1. The Morgan fingerprint density at radius 2 is 0.718 bits per heavy atom. The van der Waals surface area contributed by atoms with E-state index in [2.05, 4.69) is 0 Å². The molecule has 0 saturated heterocycles. The fraction of sp³-hybridized carbons (Fsp3) is 0.312. The van der Waals surface area contributed by atoms with Crippen molar-refractivity contribution in [2.45, 2.75) is 64.2 Å². The van der Waals surface area contributed by atoms with Crippen molar-refractivity contribution in [2.75, 3.05) is 0 Å². The first-order valence-electron chi connectivity index (χ1n) is 12.6. The van der Waals surface area contributed by atoms with E-state index >= 15 is 0 Å². The van der Waals surface area contributed by atoms with E-state index in [1.807, 2.05) is 12.1 Å². The van der Waals surface area contributed by atoms with Gasteiger partial charge in [-0.25, -0.2) is 17.6 Å². The second-order valence-corrected chi connectivity index (χ2v) is 8.73. The molecule has 208 valence electrons. The van der Waals surface area contributed by atoms with E-state index in [-0.39, 0.29) is 36.6 Å². The van der Waals surface area contributed by atoms with Gasteiger partial charge in [-0.3, -0.25) is 0 Å². The minimum Gasteiger partial charge on any atom is -0.375 e. The Balaban J connectivity index is 0.000000521.